The highest BCUT2D eigenvalue weighted by molar-refractivity contribution is 14.1. The van der Waals surface area contributed by atoms with Gasteiger partial charge in [0.1, 0.15) is 0 Å². The SMILES string of the molecule is O=S(=O)(Nc1ccc(Cl)cc1I)c1ccc(CCCl)cc1. The molecule has 2 aromatic rings. The van der Waals surface area contributed by atoms with Crippen molar-refractivity contribution in [3.63, 3.8) is 0 Å². The van der Waals surface area contributed by atoms with Crippen molar-refractivity contribution in [3.8, 4) is 0 Å². The van der Waals surface area contributed by atoms with Gasteiger partial charge in [0.15, 0.2) is 0 Å². The Balaban J connectivity index is 2.25. The van der Waals surface area contributed by atoms with Gasteiger partial charge >= 0.3 is 0 Å². The first-order chi connectivity index (χ1) is 9.92. The summed E-state index contributed by atoms with van der Waals surface area (Å²) in [5.41, 5.74) is 1.51. The number of benzene rings is 2. The van der Waals surface area contributed by atoms with E-state index in [1.54, 1.807) is 42.5 Å². The fourth-order valence-electron chi connectivity index (χ4n) is 1.72. The molecule has 3 nitrogen and oxygen atoms in total. The number of aryl methyl sites for hydroxylation is 1. The lowest BCUT2D eigenvalue weighted by atomic mass is 10.2. The van der Waals surface area contributed by atoms with Gasteiger partial charge < -0.3 is 0 Å². The molecule has 0 atom stereocenters. The molecule has 0 aromatic heterocycles. The molecule has 0 aliphatic rings. The predicted molar refractivity (Wildman–Crippen MR) is 95.8 cm³/mol. The van der Waals surface area contributed by atoms with Crippen molar-refractivity contribution in [1.29, 1.82) is 0 Å². The van der Waals surface area contributed by atoms with Crippen LogP contribution in [0.1, 0.15) is 5.56 Å². The maximum Gasteiger partial charge on any atom is 0.261 e. The fourth-order valence-corrected chi connectivity index (χ4v) is 4.21. The van der Waals surface area contributed by atoms with E-state index in [0.717, 1.165) is 9.13 Å². The molecule has 7 heteroatoms. The third kappa shape index (κ3) is 4.48. The minimum Gasteiger partial charge on any atom is -0.279 e. The van der Waals surface area contributed by atoms with Crippen LogP contribution in [0.15, 0.2) is 47.4 Å². The maximum atomic E-state index is 12.3. The first-order valence-electron chi connectivity index (χ1n) is 6.05. The van der Waals surface area contributed by atoms with Gasteiger partial charge in [-0.25, -0.2) is 8.42 Å². The molecule has 0 bridgehead atoms. The standard InChI is InChI=1S/C14H12Cl2INO2S/c15-8-7-10-1-4-12(5-2-10)21(19,20)18-14-6-3-11(16)9-13(14)17/h1-6,9,18H,7-8H2. The zero-order valence-corrected chi connectivity index (χ0v) is 15.3. The Hall–Kier alpha value is -0.500. The molecule has 0 saturated heterocycles. The van der Waals surface area contributed by atoms with Crippen molar-refractivity contribution >= 4 is 61.5 Å². The van der Waals surface area contributed by atoms with Crippen LogP contribution in [0.5, 0.6) is 0 Å². The zero-order chi connectivity index (χ0) is 15.5. The van der Waals surface area contributed by atoms with E-state index in [2.05, 4.69) is 4.72 Å². The second kappa shape index (κ2) is 7.17. The Morgan fingerprint density at radius 3 is 2.33 bits per heavy atom. The summed E-state index contributed by atoms with van der Waals surface area (Å²) < 4.78 is 28.0. The summed E-state index contributed by atoms with van der Waals surface area (Å²) >= 11 is 13.6. The molecule has 1 N–H and O–H groups in total. The molecule has 0 heterocycles. The molecule has 0 amide bonds. The number of halogens is 3. The first kappa shape index (κ1) is 16.9. The number of anilines is 1. The van der Waals surface area contributed by atoms with Crippen LogP contribution in [0.4, 0.5) is 5.69 Å². The molecule has 2 rings (SSSR count). The van der Waals surface area contributed by atoms with Crippen LogP contribution >= 0.6 is 45.8 Å². The number of hydrogen-bond acceptors (Lipinski definition) is 2. The lowest BCUT2D eigenvalue weighted by molar-refractivity contribution is 0.601. The number of hydrogen-bond donors (Lipinski definition) is 1. The maximum absolute atomic E-state index is 12.3. The van der Waals surface area contributed by atoms with Crippen LogP contribution in [0.25, 0.3) is 0 Å². The van der Waals surface area contributed by atoms with E-state index in [0.29, 0.717) is 23.0 Å². The van der Waals surface area contributed by atoms with Crippen LogP contribution < -0.4 is 4.72 Å². The number of nitrogens with one attached hydrogen (secondary N) is 1. The van der Waals surface area contributed by atoms with Crippen molar-refractivity contribution in [2.45, 2.75) is 11.3 Å². The predicted octanol–water partition coefficient (Wildman–Crippen LogP) is 4.53. The summed E-state index contributed by atoms with van der Waals surface area (Å²) in [7, 11) is -3.61. The van der Waals surface area contributed by atoms with Gasteiger partial charge in [0.2, 0.25) is 0 Å². The monoisotopic (exact) mass is 455 g/mol. The highest BCUT2D eigenvalue weighted by Gasteiger charge is 2.15. The topological polar surface area (TPSA) is 46.2 Å². The van der Waals surface area contributed by atoms with Gasteiger partial charge in [0.25, 0.3) is 10.0 Å². The van der Waals surface area contributed by atoms with Crippen LogP contribution in [-0.2, 0) is 16.4 Å². The van der Waals surface area contributed by atoms with Crippen LogP contribution in [-0.4, -0.2) is 14.3 Å². The molecule has 0 fully saturated rings. The Labute approximate surface area is 147 Å². The van der Waals surface area contributed by atoms with E-state index < -0.39 is 10.0 Å². The van der Waals surface area contributed by atoms with Crippen molar-refractivity contribution in [2.75, 3.05) is 10.6 Å². The first-order valence-corrected chi connectivity index (χ1v) is 9.52. The van der Waals surface area contributed by atoms with Gasteiger partial charge in [-0.05, 0) is 64.9 Å². The molecular formula is C14H12Cl2INO2S. The number of alkyl halides is 1. The lowest BCUT2D eigenvalue weighted by Gasteiger charge is -2.10. The molecule has 0 spiro atoms. The van der Waals surface area contributed by atoms with E-state index >= 15 is 0 Å². The van der Waals surface area contributed by atoms with Gasteiger partial charge in [-0.3, -0.25) is 4.72 Å². The number of rotatable bonds is 5. The summed E-state index contributed by atoms with van der Waals surface area (Å²) in [5.74, 6) is 0.507. The van der Waals surface area contributed by atoms with E-state index in [4.69, 9.17) is 23.2 Å². The van der Waals surface area contributed by atoms with E-state index in [9.17, 15) is 8.42 Å². The Morgan fingerprint density at radius 2 is 1.76 bits per heavy atom. The molecule has 2 aromatic carbocycles. The van der Waals surface area contributed by atoms with E-state index in [-0.39, 0.29) is 4.90 Å². The third-order valence-electron chi connectivity index (χ3n) is 2.79. The Bertz CT molecular complexity index is 733. The molecule has 0 aliphatic heterocycles. The van der Waals surface area contributed by atoms with E-state index in [1.165, 1.54) is 0 Å². The van der Waals surface area contributed by atoms with Crippen LogP contribution in [0, 0.1) is 3.57 Å². The van der Waals surface area contributed by atoms with Crippen molar-refractivity contribution in [1.82, 2.24) is 0 Å². The molecule has 0 unspecified atom stereocenters. The quantitative estimate of drug-likeness (QED) is 0.531. The van der Waals surface area contributed by atoms with Crippen molar-refractivity contribution in [2.24, 2.45) is 0 Å². The molecule has 21 heavy (non-hydrogen) atoms. The second-order valence-corrected chi connectivity index (χ2v) is 7.97. The summed E-state index contributed by atoms with van der Waals surface area (Å²) in [5, 5.41) is 0.563. The average Bonchev–Trinajstić information content (AvgIpc) is 2.43. The summed E-state index contributed by atoms with van der Waals surface area (Å²) in [4.78, 5) is 0.214. The summed E-state index contributed by atoms with van der Waals surface area (Å²) in [6.07, 6.45) is 0.713. The summed E-state index contributed by atoms with van der Waals surface area (Å²) in [6, 6.07) is 11.7. The smallest absolute Gasteiger partial charge is 0.261 e. The molecule has 112 valence electrons. The minimum atomic E-state index is -3.61. The zero-order valence-electron chi connectivity index (χ0n) is 10.8. The highest BCUT2D eigenvalue weighted by atomic mass is 127. The number of sulfonamides is 1. The van der Waals surface area contributed by atoms with Gasteiger partial charge in [0, 0.05) is 14.5 Å². The van der Waals surface area contributed by atoms with Crippen molar-refractivity contribution in [3.05, 3.63) is 56.6 Å². The highest BCUT2D eigenvalue weighted by Crippen LogP contribution is 2.25. The lowest BCUT2D eigenvalue weighted by Crippen LogP contribution is -2.13. The normalized spacial score (nSPS) is 11.4. The fraction of sp³-hybridized carbons (Fsp3) is 0.143. The largest absolute Gasteiger partial charge is 0.279 e. The minimum absolute atomic E-state index is 0.214. The van der Waals surface area contributed by atoms with Crippen LogP contribution in [0.3, 0.4) is 0 Å². The van der Waals surface area contributed by atoms with E-state index in [1.807, 2.05) is 22.6 Å². The molecular weight excluding hydrogens is 444 g/mol. The van der Waals surface area contributed by atoms with Crippen molar-refractivity contribution < 1.29 is 8.42 Å². The van der Waals surface area contributed by atoms with Crippen LogP contribution in [0.2, 0.25) is 5.02 Å². The third-order valence-corrected chi connectivity index (χ3v) is 5.49. The van der Waals surface area contributed by atoms with Gasteiger partial charge in [-0.2, -0.15) is 0 Å². The molecule has 0 aliphatic carbocycles. The molecule has 0 radical (unpaired) electrons. The van der Waals surface area contributed by atoms with Gasteiger partial charge in [-0.1, -0.05) is 23.7 Å². The second-order valence-electron chi connectivity index (χ2n) is 4.31. The Morgan fingerprint density at radius 1 is 1.10 bits per heavy atom. The van der Waals surface area contributed by atoms with Gasteiger partial charge in [-0.15, -0.1) is 11.6 Å². The molecule has 0 saturated carbocycles. The van der Waals surface area contributed by atoms with Gasteiger partial charge in [0.05, 0.1) is 10.6 Å². The summed E-state index contributed by atoms with van der Waals surface area (Å²) in [6.45, 7) is 0. The Kier molecular flexibility index (Phi) is 5.76. The average molecular weight is 456 g/mol.